The zero-order valence-corrected chi connectivity index (χ0v) is 8.22. The summed E-state index contributed by atoms with van der Waals surface area (Å²) in [5.41, 5.74) is 1.40. The average Bonchev–Trinajstić information content (AvgIpc) is 2.71. The van der Waals surface area contributed by atoms with Crippen molar-refractivity contribution in [1.82, 2.24) is 10.3 Å². The number of aromatic nitrogens is 1. The van der Waals surface area contributed by atoms with Crippen LogP contribution in [0.1, 0.15) is 31.4 Å². The van der Waals surface area contributed by atoms with Crippen LogP contribution in [0.15, 0.2) is 18.3 Å². The minimum absolute atomic E-state index is 0.692. The third-order valence-corrected chi connectivity index (χ3v) is 3.20. The standard InChI is InChI=1S/C11H18N2/c1-9(11-3-2-6-13-11)10-4-7-12-8-5-10/h2-3,6,9-10,12-13H,4-5,7-8H2,1H3. The van der Waals surface area contributed by atoms with E-state index in [1.54, 1.807) is 0 Å². The second-order valence-electron chi connectivity index (χ2n) is 4.00. The van der Waals surface area contributed by atoms with Gasteiger partial charge >= 0.3 is 0 Å². The van der Waals surface area contributed by atoms with Crippen LogP contribution in [0.2, 0.25) is 0 Å². The SMILES string of the molecule is CC(c1ccc[nH]1)C1CCNCC1. The van der Waals surface area contributed by atoms with Crippen LogP contribution in [0.3, 0.4) is 0 Å². The highest BCUT2D eigenvalue weighted by Crippen LogP contribution is 2.29. The Morgan fingerprint density at radius 1 is 1.38 bits per heavy atom. The maximum atomic E-state index is 3.40. The van der Waals surface area contributed by atoms with Crippen LogP contribution in [-0.2, 0) is 0 Å². The van der Waals surface area contributed by atoms with Crippen molar-refractivity contribution >= 4 is 0 Å². The van der Waals surface area contributed by atoms with E-state index in [-0.39, 0.29) is 0 Å². The number of aromatic amines is 1. The molecule has 0 aliphatic carbocycles. The highest BCUT2D eigenvalue weighted by molar-refractivity contribution is 5.10. The van der Waals surface area contributed by atoms with Crippen molar-refractivity contribution in [2.24, 2.45) is 5.92 Å². The molecule has 1 aliphatic rings. The van der Waals surface area contributed by atoms with Crippen molar-refractivity contribution in [3.8, 4) is 0 Å². The molecule has 0 amide bonds. The number of nitrogens with one attached hydrogen (secondary N) is 2. The zero-order chi connectivity index (χ0) is 9.10. The maximum Gasteiger partial charge on any atom is 0.0178 e. The Kier molecular flexibility index (Phi) is 2.69. The summed E-state index contributed by atoms with van der Waals surface area (Å²) in [6, 6.07) is 4.29. The lowest BCUT2D eigenvalue weighted by Gasteiger charge is -2.27. The average molecular weight is 178 g/mol. The van der Waals surface area contributed by atoms with Gasteiger partial charge in [0.15, 0.2) is 0 Å². The van der Waals surface area contributed by atoms with Crippen molar-refractivity contribution in [2.45, 2.75) is 25.7 Å². The summed E-state index contributed by atoms with van der Waals surface area (Å²) < 4.78 is 0. The molecule has 0 bridgehead atoms. The number of piperidine rings is 1. The Labute approximate surface area is 79.7 Å². The summed E-state index contributed by atoms with van der Waals surface area (Å²) >= 11 is 0. The van der Waals surface area contributed by atoms with Crippen LogP contribution in [0.25, 0.3) is 0 Å². The molecule has 13 heavy (non-hydrogen) atoms. The van der Waals surface area contributed by atoms with Gasteiger partial charge in [-0.05, 0) is 49.9 Å². The summed E-state index contributed by atoms with van der Waals surface area (Å²) in [7, 11) is 0. The van der Waals surface area contributed by atoms with E-state index in [1.807, 2.05) is 6.20 Å². The predicted molar refractivity (Wildman–Crippen MR) is 54.8 cm³/mol. The molecule has 1 saturated heterocycles. The molecule has 1 aromatic heterocycles. The minimum atomic E-state index is 0.692. The lowest BCUT2D eigenvalue weighted by atomic mass is 9.84. The van der Waals surface area contributed by atoms with Crippen molar-refractivity contribution in [3.63, 3.8) is 0 Å². The monoisotopic (exact) mass is 178 g/mol. The van der Waals surface area contributed by atoms with Gasteiger partial charge in [-0.2, -0.15) is 0 Å². The molecule has 2 heteroatoms. The number of hydrogen-bond donors (Lipinski definition) is 2. The molecular weight excluding hydrogens is 160 g/mol. The molecule has 2 nitrogen and oxygen atoms in total. The molecule has 72 valence electrons. The normalized spacial score (nSPS) is 21.6. The van der Waals surface area contributed by atoms with Gasteiger partial charge < -0.3 is 10.3 Å². The largest absolute Gasteiger partial charge is 0.365 e. The molecule has 1 unspecified atom stereocenters. The number of H-pyrrole nitrogens is 1. The summed E-state index contributed by atoms with van der Waals surface area (Å²) in [5.74, 6) is 1.55. The Hall–Kier alpha value is -0.760. The van der Waals surface area contributed by atoms with Crippen molar-refractivity contribution < 1.29 is 0 Å². The molecule has 0 aromatic carbocycles. The van der Waals surface area contributed by atoms with Gasteiger partial charge in [-0.1, -0.05) is 6.92 Å². The van der Waals surface area contributed by atoms with Gasteiger partial charge in [0, 0.05) is 11.9 Å². The van der Waals surface area contributed by atoms with Gasteiger partial charge in [-0.3, -0.25) is 0 Å². The van der Waals surface area contributed by atoms with E-state index in [0.717, 1.165) is 5.92 Å². The van der Waals surface area contributed by atoms with E-state index in [9.17, 15) is 0 Å². The van der Waals surface area contributed by atoms with Crippen LogP contribution in [0.4, 0.5) is 0 Å². The summed E-state index contributed by atoms with van der Waals surface area (Å²) in [6.45, 7) is 4.72. The Balaban J connectivity index is 1.99. The first-order valence-corrected chi connectivity index (χ1v) is 5.22. The molecule has 2 heterocycles. The van der Waals surface area contributed by atoms with E-state index in [1.165, 1.54) is 31.6 Å². The second-order valence-corrected chi connectivity index (χ2v) is 4.00. The van der Waals surface area contributed by atoms with Crippen LogP contribution < -0.4 is 5.32 Å². The van der Waals surface area contributed by atoms with Crippen LogP contribution in [0, 0.1) is 5.92 Å². The highest BCUT2D eigenvalue weighted by Gasteiger charge is 2.21. The van der Waals surface area contributed by atoms with E-state index in [2.05, 4.69) is 29.4 Å². The fourth-order valence-corrected chi connectivity index (χ4v) is 2.23. The fraction of sp³-hybridized carbons (Fsp3) is 0.636. The second kappa shape index (κ2) is 3.97. The molecule has 2 rings (SSSR count). The van der Waals surface area contributed by atoms with Crippen LogP contribution in [0.5, 0.6) is 0 Å². The van der Waals surface area contributed by atoms with E-state index in [0.29, 0.717) is 5.92 Å². The third-order valence-electron chi connectivity index (χ3n) is 3.20. The first kappa shape index (κ1) is 8.82. The van der Waals surface area contributed by atoms with Crippen molar-refractivity contribution in [2.75, 3.05) is 13.1 Å². The van der Waals surface area contributed by atoms with Gasteiger partial charge in [0.25, 0.3) is 0 Å². The third kappa shape index (κ3) is 1.94. The van der Waals surface area contributed by atoms with Gasteiger partial charge in [-0.25, -0.2) is 0 Å². The van der Waals surface area contributed by atoms with Crippen LogP contribution >= 0.6 is 0 Å². The number of rotatable bonds is 2. The smallest absolute Gasteiger partial charge is 0.0178 e. The quantitative estimate of drug-likeness (QED) is 0.713. The first-order valence-electron chi connectivity index (χ1n) is 5.22. The molecule has 1 aliphatic heterocycles. The Morgan fingerprint density at radius 3 is 2.77 bits per heavy atom. The van der Waals surface area contributed by atoms with Gasteiger partial charge in [0.05, 0.1) is 0 Å². The van der Waals surface area contributed by atoms with E-state index in [4.69, 9.17) is 0 Å². The maximum absolute atomic E-state index is 3.40. The molecule has 1 atom stereocenters. The fourth-order valence-electron chi connectivity index (χ4n) is 2.23. The molecule has 0 spiro atoms. The van der Waals surface area contributed by atoms with Gasteiger partial charge in [0.1, 0.15) is 0 Å². The molecule has 0 saturated carbocycles. The van der Waals surface area contributed by atoms with E-state index < -0.39 is 0 Å². The van der Waals surface area contributed by atoms with Crippen molar-refractivity contribution in [3.05, 3.63) is 24.0 Å². The predicted octanol–water partition coefficient (Wildman–Crippen LogP) is 2.12. The van der Waals surface area contributed by atoms with Crippen molar-refractivity contribution in [1.29, 1.82) is 0 Å². The summed E-state index contributed by atoms with van der Waals surface area (Å²) in [5, 5.41) is 3.40. The lowest BCUT2D eigenvalue weighted by Crippen LogP contribution is -2.30. The molecule has 2 N–H and O–H groups in total. The number of hydrogen-bond acceptors (Lipinski definition) is 1. The minimum Gasteiger partial charge on any atom is -0.365 e. The Morgan fingerprint density at radius 2 is 2.15 bits per heavy atom. The van der Waals surface area contributed by atoms with Gasteiger partial charge in [0.2, 0.25) is 0 Å². The molecule has 1 fully saturated rings. The first-order chi connectivity index (χ1) is 6.38. The topological polar surface area (TPSA) is 27.8 Å². The molecule has 0 radical (unpaired) electrons. The Bertz CT molecular complexity index is 235. The molecular formula is C11H18N2. The highest BCUT2D eigenvalue weighted by atomic mass is 14.9. The lowest BCUT2D eigenvalue weighted by molar-refractivity contribution is 0.327. The van der Waals surface area contributed by atoms with Gasteiger partial charge in [-0.15, -0.1) is 0 Å². The zero-order valence-electron chi connectivity index (χ0n) is 8.22. The molecule has 1 aromatic rings. The summed E-state index contributed by atoms with van der Waals surface area (Å²) in [6.07, 6.45) is 4.66. The van der Waals surface area contributed by atoms with Crippen LogP contribution in [-0.4, -0.2) is 18.1 Å². The summed E-state index contributed by atoms with van der Waals surface area (Å²) in [4.78, 5) is 3.31. The van der Waals surface area contributed by atoms with E-state index >= 15 is 0 Å².